The molecule has 1 heterocycles. The molecule has 1 aliphatic heterocycles. The van der Waals surface area contributed by atoms with Gasteiger partial charge in [-0.3, -0.25) is 0 Å². The SMILES string of the molecule is Oc1cccc(OCC2=CCNC2)c1. The van der Waals surface area contributed by atoms with E-state index in [-0.39, 0.29) is 5.75 Å². The van der Waals surface area contributed by atoms with Gasteiger partial charge in [-0.1, -0.05) is 12.1 Å². The Morgan fingerprint density at radius 2 is 2.36 bits per heavy atom. The third-order valence-electron chi connectivity index (χ3n) is 2.13. The van der Waals surface area contributed by atoms with Crippen LogP contribution < -0.4 is 10.1 Å². The fraction of sp³-hybridized carbons (Fsp3) is 0.273. The highest BCUT2D eigenvalue weighted by atomic mass is 16.5. The lowest BCUT2D eigenvalue weighted by atomic mass is 10.3. The average Bonchev–Trinajstić information content (AvgIpc) is 2.67. The van der Waals surface area contributed by atoms with Crippen LogP contribution in [0.4, 0.5) is 0 Å². The van der Waals surface area contributed by atoms with Crippen molar-refractivity contribution in [2.75, 3.05) is 19.7 Å². The van der Waals surface area contributed by atoms with Crippen molar-refractivity contribution >= 4 is 0 Å². The van der Waals surface area contributed by atoms with Crippen LogP contribution in [0.5, 0.6) is 11.5 Å². The van der Waals surface area contributed by atoms with Crippen LogP contribution in [0.3, 0.4) is 0 Å². The molecule has 0 atom stereocenters. The number of rotatable bonds is 3. The summed E-state index contributed by atoms with van der Waals surface area (Å²) in [7, 11) is 0. The van der Waals surface area contributed by atoms with E-state index in [2.05, 4.69) is 11.4 Å². The third-order valence-corrected chi connectivity index (χ3v) is 2.13. The molecule has 1 aromatic rings. The minimum atomic E-state index is 0.237. The maximum Gasteiger partial charge on any atom is 0.123 e. The molecule has 0 aliphatic carbocycles. The van der Waals surface area contributed by atoms with Crippen LogP contribution in [-0.4, -0.2) is 24.8 Å². The second-order valence-corrected chi connectivity index (χ2v) is 3.28. The van der Waals surface area contributed by atoms with E-state index in [1.54, 1.807) is 18.2 Å². The third kappa shape index (κ3) is 2.26. The first kappa shape index (κ1) is 9.09. The molecule has 0 unspecified atom stereocenters. The molecule has 0 saturated carbocycles. The summed E-state index contributed by atoms with van der Waals surface area (Å²) in [5.41, 5.74) is 1.26. The van der Waals surface area contributed by atoms with Crippen molar-refractivity contribution in [3.05, 3.63) is 35.9 Å². The standard InChI is InChI=1S/C11H13NO2/c13-10-2-1-3-11(6-10)14-8-9-4-5-12-7-9/h1-4,6,12-13H,5,7-8H2. The monoisotopic (exact) mass is 191 g/mol. The van der Waals surface area contributed by atoms with E-state index in [9.17, 15) is 5.11 Å². The number of benzene rings is 1. The van der Waals surface area contributed by atoms with Gasteiger partial charge in [-0.15, -0.1) is 0 Å². The van der Waals surface area contributed by atoms with E-state index in [1.165, 1.54) is 5.57 Å². The number of ether oxygens (including phenoxy) is 1. The summed E-state index contributed by atoms with van der Waals surface area (Å²) in [4.78, 5) is 0. The molecule has 2 N–H and O–H groups in total. The fourth-order valence-electron chi connectivity index (χ4n) is 1.38. The van der Waals surface area contributed by atoms with Gasteiger partial charge in [0, 0.05) is 19.2 Å². The summed E-state index contributed by atoms with van der Waals surface area (Å²) in [5, 5.41) is 12.4. The number of phenols is 1. The highest BCUT2D eigenvalue weighted by Gasteiger charge is 2.04. The van der Waals surface area contributed by atoms with Gasteiger partial charge in [-0.2, -0.15) is 0 Å². The first-order chi connectivity index (χ1) is 6.84. The molecule has 1 aromatic carbocycles. The van der Waals surface area contributed by atoms with E-state index in [0.29, 0.717) is 12.4 Å². The number of hydrogen-bond donors (Lipinski definition) is 2. The smallest absolute Gasteiger partial charge is 0.123 e. The normalized spacial score (nSPS) is 15.3. The molecule has 2 rings (SSSR count). The number of aromatic hydroxyl groups is 1. The summed E-state index contributed by atoms with van der Waals surface area (Å²) >= 11 is 0. The second kappa shape index (κ2) is 4.15. The maximum atomic E-state index is 9.20. The lowest BCUT2D eigenvalue weighted by molar-refractivity contribution is 0.347. The predicted molar refractivity (Wildman–Crippen MR) is 54.6 cm³/mol. The quantitative estimate of drug-likeness (QED) is 0.707. The van der Waals surface area contributed by atoms with Crippen molar-refractivity contribution in [2.45, 2.75) is 0 Å². The Bertz CT molecular complexity index is 347. The van der Waals surface area contributed by atoms with Crippen molar-refractivity contribution in [3.63, 3.8) is 0 Å². The van der Waals surface area contributed by atoms with Crippen LogP contribution in [0.2, 0.25) is 0 Å². The first-order valence-electron chi connectivity index (χ1n) is 4.65. The molecule has 0 aromatic heterocycles. The van der Waals surface area contributed by atoms with Gasteiger partial charge in [-0.25, -0.2) is 0 Å². The van der Waals surface area contributed by atoms with Crippen LogP contribution in [0.25, 0.3) is 0 Å². The Hall–Kier alpha value is -1.48. The van der Waals surface area contributed by atoms with E-state index >= 15 is 0 Å². The van der Waals surface area contributed by atoms with E-state index < -0.39 is 0 Å². The molecule has 3 nitrogen and oxygen atoms in total. The topological polar surface area (TPSA) is 41.5 Å². The minimum absolute atomic E-state index is 0.237. The Labute approximate surface area is 83.0 Å². The zero-order chi connectivity index (χ0) is 9.80. The van der Waals surface area contributed by atoms with Gasteiger partial charge in [0.2, 0.25) is 0 Å². The summed E-state index contributed by atoms with van der Waals surface area (Å²) in [6, 6.07) is 6.85. The van der Waals surface area contributed by atoms with Gasteiger partial charge >= 0.3 is 0 Å². The minimum Gasteiger partial charge on any atom is -0.508 e. The lowest BCUT2D eigenvalue weighted by Crippen LogP contribution is -2.11. The van der Waals surface area contributed by atoms with Crippen LogP contribution in [0, 0.1) is 0 Å². The highest BCUT2D eigenvalue weighted by molar-refractivity contribution is 5.32. The van der Waals surface area contributed by atoms with Gasteiger partial charge in [0.15, 0.2) is 0 Å². The van der Waals surface area contributed by atoms with Crippen LogP contribution in [0.15, 0.2) is 35.9 Å². The molecule has 0 radical (unpaired) electrons. The van der Waals surface area contributed by atoms with Gasteiger partial charge in [0.05, 0.1) is 0 Å². The van der Waals surface area contributed by atoms with Gasteiger partial charge < -0.3 is 15.2 Å². The lowest BCUT2D eigenvalue weighted by Gasteiger charge is -2.06. The Morgan fingerprint density at radius 3 is 3.07 bits per heavy atom. The molecule has 14 heavy (non-hydrogen) atoms. The highest BCUT2D eigenvalue weighted by Crippen LogP contribution is 2.18. The van der Waals surface area contributed by atoms with Gasteiger partial charge in [-0.05, 0) is 17.7 Å². The zero-order valence-electron chi connectivity index (χ0n) is 7.86. The van der Waals surface area contributed by atoms with Crippen molar-refractivity contribution in [1.29, 1.82) is 0 Å². The molecule has 0 amide bonds. The molecule has 1 aliphatic rings. The van der Waals surface area contributed by atoms with E-state index in [0.717, 1.165) is 13.1 Å². The molecule has 3 heteroatoms. The zero-order valence-corrected chi connectivity index (χ0v) is 7.86. The molecular formula is C11H13NO2. The van der Waals surface area contributed by atoms with Crippen LogP contribution in [-0.2, 0) is 0 Å². The summed E-state index contributed by atoms with van der Waals surface area (Å²) < 4.78 is 5.50. The van der Waals surface area contributed by atoms with Gasteiger partial charge in [0.25, 0.3) is 0 Å². The molecule has 0 spiro atoms. The summed E-state index contributed by atoms with van der Waals surface area (Å²) in [5.74, 6) is 0.943. The predicted octanol–water partition coefficient (Wildman–Crippen LogP) is 1.30. The van der Waals surface area contributed by atoms with E-state index in [1.807, 2.05) is 6.07 Å². The molecule has 0 saturated heterocycles. The summed E-state index contributed by atoms with van der Waals surface area (Å²) in [6.45, 7) is 2.42. The molecule has 0 bridgehead atoms. The summed E-state index contributed by atoms with van der Waals surface area (Å²) in [6.07, 6.45) is 2.13. The molecule has 0 fully saturated rings. The molecular weight excluding hydrogens is 178 g/mol. The maximum absolute atomic E-state index is 9.20. The number of nitrogens with one attached hydrogen (secondary N) is 1. The first-order valence-corrected chi connectivity index (χ1v) is 4.65. The Kier molecular flexibility index (Phi) is 2.70. The van der Waals surface area contributed by atoms with Crippen molar-refractivity contribution in [1.82, 2.24) is 5.32 Å². The van der Waals surface area contributed by atoms with Crippen molar-refractivity contribution in [3.8, 4) is 11.5 Å². The van der Waals surface area contributed by atoms with Gasteiger partial charge in [0.1, 0.15) is 18.1 Å². The number of hydrogen-bond acceptors (Lipinski definition) is 3. The Balaban J connectivity index is 1.91. The van der Waals surface area contributed by atoms with Crippen molar-refractivity contribution < 1.29 is 9.84 Å². The average molecular weight is 191 g/mol. The fourth-order valence-corrected chi connectivity index (χ4v) is 1.38. The second-order valence-electron chi connectivity index (χ2n) is 3.28. The van der Waals surface area contributed by atoms with Crippen LogP contribution in [0.1, 0.15) is 0 Å². The largest absolute Gasteiger partial charge is 0.508 e. The van der Waals surface area contributed by atoms with E-state index in [4.69, 9.17) is 4.74 Å². The number of phenolic OH excluding ortho intramolecular Hbond substituents is 1. The molecule has 74 valence electrons. The van der Waals surface area contributed by atoms with Crippen LogP contribution >= 0.6 is 0 Å². The van der Waals surface area contributed by atoms with Crippen molar-refractivity contribution in [2.24, 2.45) is 0 Å². The Morgan fingerprint density at radius 1 is 1.43 bits per heavy atom.